The number of primary amides is 1. The Kier molecular flexibility index (Phi) is 3.45. The van der Waals surface area contributed by atoms with Gasteiger partial charge in [0.25, 0.3) is 0 Å². The molecule has 4 heteroatoms. The summed E-state index contributed by atoms with van der Waals surface area (Å²) in [5.74, 6) is -0.262. The van der Waals surface area contributed by atoms with Gasteiger partial charge in [0.1, 0.15) is 0 Å². The van der Waals surface area contributed by atoms with Gasteiger partial charge in [0, 0.05) is 13.1 Å². The van der Waals surface area contributed by atoms with E-state index in [0.717, 1.165) is 30.8 Å². The average molecular weight is 247 g/mol. The Morgan fingerprint density at radius 2 is 2.00 bits per heavy atom. The van der Waals surface area contributed by atoms with E-state index in [2.05, 4.69) is 24.8 Å². The zero-order valence-electron chi connectivity index (χ0n) is 11.1. The quantitative estimate of drug-likeness (QED) is 0.779. The second-order valence-electron chi connectivity index (χ2n) is 5.18. The third kappa shape index (κ3) is 2.42. The number of hydrogen-bond acceptors (Lipinski definition) is 3. The van der Waals surface area contributed by atoms with Crippen molar-refractivity contribution in [1.29, 1.82) is 0 Å². The summed E-state index contributed by atoms with van der Waals surface area (Å²) in [6.07, 6.45) is 1.87. The van der Waals surface area contributed by atoms with Gasteiger partial charge < -0.3 is 16.4 Å². The molecule has 4 nitrogen and oxygen atoms in total. The van der Waals surface area contributed by atoms with Gasteiger partial charge in [-0.3, -0.25) is 4.79 Å². The van der Waals surface area contributed by atoms with Crippen LogP contribution in [0.5, 0.6) is 0 Å². The Bertz CT molecular complexity index is 470. The summed E-state index contributed by atoms with van der Waals surface area (Å²) >= 11 is 0. The lowest BCUT2D eigenvalue weighted by Gasteiger charge is -2.34. The Morgan fingerprint density at radius 1 is 1.33 bits per heavy atom. The predicted octanol–water partition coefficient (Wildman–Crippen LogP) is 1.59. The molecule has 4 N–H and O–H groups in total. The van der Waals surface area contributed by atoms with Crippen molar-refractivity contribution in [2.45, 2.75) is 26.7 Å². The molecule has 98 valence electrons. The first-order valence-electron chi connectivity index (χ1n) is 6.40. The summed E-state index contributed by atoms with van der Waals surface area (Å²) in [5.41, 5.74) is 15.7. The third-order valence-corrected chi connectivity index (χ3v) is 3.81. The van der Waals surface area contributed by atoms with Crippen LogP contribution in [-0.4, -0.2) is 19.0 Å². The highest BCUT2D eigenvalue weighted by Gasteiger charge is 2.25. The number of benzene rings is 1. The zero-order chi connectivity index (χ0) is 13.3. The molecule has 1 fully saturated rings. The van der Waals surface area contributed by atoms with Gasteiger partial charge in [-0.2, -0.15) is 0 Å². The van der Waals surface area contributed by atoms with Gasteiger partial charge in [0.2, 0.25) is 5.91 Å². The van der Waals surface area contributed by atoms with Crippen LogP contribution in [0.15, 0.2) is 12.1 Å². The van der Waals surface area contributed by atoms with Crippen molar-refractivity contribution in [2.75, 3.05) is 23.7 Å². The minimum atomic E-state index is -0.206. The molecule has 1 saturated heterocycles. The van der Waals surface area contributed by atoms with Gasteiger partial charge in [-0.25, -0.2) is 0 Å². The second kappa shape index (κ2) is 4.88. The van der Waals surface area contributed by atoms with E-state index in [4.69, 9.17) is 11.5 Å². The average Bonchev–Trinajstić information content (AvgIpc) is 2.34. The van der Waals surface area contributed by atoms with E-state index in [1.807, 2.05) is 6.07 Å². The lowest BCUT2D eigenvalue weighted by atomic mass is 9.96. The molecule has 1 aromatic carbocycles. The van der Waals surface area contributed by atoms with Crippen molar-refractivity contribution < 1.29 is 4.79 Å². The number of nitrogens with two attached hydrogens (primary N) is 2. The number of amides is 1. The van der Waals surface area contributed by atoms with Crippen LogP contribution in [0.2, 0.25) is 0 Å². The smallest absolute Gasteiger partial charge is 0.222 e. The maximum absolute atomic E-state index is 11.3. The maximum atomic E-state index is 11.3. The Morgan fingerprint density at radius 3 is 2.67 bits per heavy atom. The Balaban J connectivity index is 2.26. The van der Waals surface area contributed by atoms with Crippen LogP contribution in [0.25, 0.3) is 0 Å². The van der Waals surface area contributed by atoms with E-state index in [1.54, 1.807) is 0 Å². The summed E-state index contributed by atoms with van der Waals surface area (Å²) in [6.45, 7) is 5.75. The molecular weight excluding hydrogens is 226 g/mol. The van der Waals surface area contributed by atoms with E-state index in [1.165, 1.54) is 11.1 Å². The number of carbonyl (C=O) groups excluding carboxylic acids is 1. The van der Waals surface area contributed by atoms with Crippen molar-refractivity contribution in [1.82, 2.24) is 0 Å². The van der Waals surface area contributed by atoms with Gasteiger partial charge in [-0.05, 0) is 49.9 Å². The summed E-state index contributed by atoms with van der Waals surface area (Å²) in [7, 11) is 0. The molecule has 18 heavy (non-hydrogen) atoms. The van der Waals surface area contributed by atoms with E-state index in [9.17, 15) is 4.79 Å². The molecule has 1 aliphatic heterocycles. The molecule has 1 heterocycles. The normalized spacial score (nSPS) is 19.9. The summed E-state index contributed by atoms with van der Waals surface area (Å²) in [4.78, 5) is 13.5. The molecule has 0 aliphatic carbocycles. The predicted molar refractivity (Wildman–Crippen MR) is 74.5 cm³/mol. The minimum Gasteiger partial charge on any atom is -0.397 e. The molecule has 1 aliphatic rings. The Hall–Kier alpha value is -1.71. The van der Waals surface area contributed by atoms with Gasteiger partial charge in [0.15, 0.2) is 0 Å². The molecule has 0 bridgehead atoms. The van der Waals surface area contributed by atoms with Crippen LogP contribution < -0.4 is 16.4 Å². The van der Waals surface area contributed by atoms with Gasteiger partial charge in [0.05, 0.1) is 17.3 Å². The fourth-order valence-corrected chi connectivity index (χ4v) is 2.53. The number of rotatable bonds is 2. The highest BCUT2D eigenvalue weighted by Crippen LogP contribution is 2.30. The van der Waals surface area contributed by atoms with E-state index in [0.29, 0.717) is 6.54 Å². The SMILES string of the molecule is Cc1cc(N)c(N2CCC[C@@H](C(N)=O)C2)cc1C. The van der Waals surface area contributed by atoms with E-state index >= 15 is 0 Å². The van der Waals surface area contributed by atoms with Crippen LogP contribution in [0, 0.1) is 19.8 Å². The van der Waals surface area contributed by atoms with Crippen LogP contribution in [0.3, 0.4) is 0 Å². The second-order valence-corrected chi connectivity index (χ2v) is 5.18. The number of anilines is 2. The van der Waals surface area contributed by atoms with E-state index in [-0.39, 0.29) is 11.8 Å². The Labute approximate surface area is 108 Å². The molecule has 1 aromatic rings. The standard InChI is InChI=1S/C14H21N3O/c1-9-6-12(15)13(7-10(9)2)17-5-3-4-11(8-17)14(16)18/h6-7,11H,3-5,8,15H2,1-2H3,(H2,16,18)/t11-/m1/s1. The number of nitrogen functional groups attached to an aromatic ring is 1. The van der Waals surface area contributed by atoms with Crippen LogP contribution in [0.4, 0.5) is 11.4 Å². The van der Waals surface area contributed by atoms with Gasteiger partial charge in [-0.1, -0.05) is 0 Å². The van der Waals surface area contributed by atoms with Crippen molar-refractivity contribution in [2.24, 2.45) is 11.7 Å². The first-order valence-corrected chi connectivity index (χ1v) is 6.40. The van der Waals surface area contributed by atoms with E-state index < -0.39 is 0 Å². The molecule has 1 amide bonds. The van der Waals surface area contributed by atoms with Crippen molar-refractivity contribution >= 4 is 17.3 Å². The fourth-order valence-electron chi connectivity index (χ4n) is 2.53. The molecule has 0 unspecified atom stereocenters. The lowest BCUT2D eigenvalue weighted by Crippen LogP contribution is -2.41. The van der Waals surface area contributed by atoms with Gasteiger partial charge >= 0.3 is 0 Å². The number of piperidine rings is 1. The third-order valence-electron chi connectivity index (χ3n) is 3.81. The monoisotopic (exact) mass is 247 g/mol. The van der Waals surface area contributed by atoms with Crippen molar-refractivity contribution in [3.63, 3.8) is 0 Å². The molecule has 1 atom stereocenters. The van der Waals surface area contributed by atoms with Gasteiger partial charge in [-0.15, -0.1) is 0 Å². The number of nitrogens with zero attached hydrogens (tertiary/aromatic N) is 1. The fraction of sp³-hybridized carbons (Fsp3) is 0.500. The summed E-state index contributed by atoms with van der Waals surface area (Å²) in [6, 6.07) is 4.10. The van der Waals surface area contributed by atoms with Crippen molar-refractivity contribution in [3.05, 3.63) is 23.3 Å². The summed E-state index contributed by atoms with van der Waals surface area (Å²) in [5, 5.41) is 0. The molecular formula is C14H21N3O. The number of hydrogen-bond donors (Lipinski definition) is 2. The molecule has 0 saturated carbocycles. The number of aryl methyl sites for hydroxylation is 2. The van der Waals surface area contributed by atoms with Crippen LogP contribution >= 0.6 is 0 Å². The number of carbonyl (C=O) groups is 1. The highest BCUT2D eigenvalue weighted by atomic mass is 16.1. The topological polar surface area (TPSA) is 72.3 Å². The summed E-state index contributed by atoms with van der Waals surface area (Å²) < 4.78 is 0. The molecule has 0 spiro atoms. The first-order chi connectivity index (χ1) is 8.49. The maximum Gasteiger partial charge on any atom is 0.222 e. The lowest BCUT2D eigenvalue weighted by molar-refractivity contribution is -0.122. The first kappa shape index (κ1) is 12.7. The molecule has 0 aromatic heterocycles. The largest absolute Gasteiger partial charge is 0.397 e. The van der Waals surface area contributed by atoms with Crippen molar-refractivity contribution in [3.8, 4) is 0 Å². The van der Waals surface area contributed by atoms with Crippen LogP contribution in [0.1, 0.15) is 24.0 Å². The van der Waals surface area contributed by atoms with Crippen LogP contribution in [-0.2, 0) is 4.79 Å². The highest BCUT2D eigenvalue weighted by molar-refractivity contribution is 5.78. The minimum absolute atomic E-state index is 0.0558. The molecule has 0 radical (unpaired) electrons. The molecule has 2 rings (SSSR count). The zero-order valence-corrected chi connectivity index (χ0v) is 11.1.